The predicted molar refractivity (Wildman–Crippen MR) is 219 cm³/mol. The highest BCUT2D eigenvalue weighted by Gasteiger charge is 2.69. The van der Waals surface area contributed by atoms with Crippen LogP contribution in [0.2, 0.25) is 0 Å². The van der Waals surface area contributed by atoms with E-state index in [2.05, 4.69) is 20.1 Å². The van der Waals surface area contributed by atoms with E-state index in [4.69, 9.17) is 42.6 Å². The largest absolute Gasteiger partial charge is 0.391 e. The number of carbonyl (C=O) groups excluding carboxylic acids is 3. The number of carbonyl (C=O) groups is 3. The maximum absolute atomic E-state index is 14.3. The molecular formula is C48H61NO13. The van der Waals surface area contributed by atoms with Crippen LogP contribution < -0.4 is 0 Å². The van der Waals surface area contributed by atoms with Crippen molar-refractivity contribution in [3.8, 4) is 0 Å². The van der Waals surface area contributed by atoms with Crippen molar-refractivity contribution in [3.05, 3.63) is 59.7 Å². The molecule has 11 aliphatic heterocycles. The summed E-state index contributed by atoms with van der Waals surface area (Å²) in [6.45, 7) is 10.9. The van der Waals surface area contributed by atoms with Gasteiger partial charge in [-0.25, -0.2) is 0 Å². The van der Waals surface area contributed by atoms with Crippen molar-refractivity contribution in [1.29, 1.82) is 0 Å². The fourth-order valence-corrected chi connectivity index (χ4v) is 12.9. The van der Waals surface area contributed by atoms with Gasteiger partial charge in [0, 0.05) is 51.6 Å². The molecule has 1 aromatic rings. The lowest BCUT2D eigenvalue weighted by molar-refractivity contribution is -0.292. The van der Waals surface area contributed by atoms with E-state index in [1.807, 2.05) is 0 Å². The van der Waals surface area contributed by atoms with Crippen LogP contribution in [0.25, 0.3) is 0 Å². The quantitative estimate of drug-likeness (QED) is 0.319. The van der Waals surface area contributed by atoms with Crippen LogP contribution in [0, 0.1) is 11.8 Å². The summed E-state index contributed by atoms with van der Waals surface area (Å²) in [6.07, 6.45) is 2.42. The molecule has 62 heavy (non-hydrogen) atoms. The van der Waals surface area contributed by atoms with Gasteiger partial charge in [0.15, 0.2) is 5.79 Å². The lowest BCUT2D eigenvalue weighted by Gasteiger charge is -2.47. The number of β-amino-alcohol motifs (C(OH)–C–C–N with tert-alkyl or cyclic N) is 1. The normalized spacial score (nSPS) is 46.8. The molecule has 10 saturated heterocycles. The number of benzene rings is 1. The standard InChI is InChI=1S/C48H61NO13/c1-23-15-28-9-11-34-24(2)16-30(55-34)13-14-48-21-39-42(61-48)43-44(60-39)45(62-48)41-35(59-43)12-10-29(57-41)17-26(50)18-33-37(20-36(56-28)25(23)3)58-38(40(33)54-4)19-27(51)22-49-46(52)31-7-5-6-8-32(31)47(49)53/h5-8,23,27-30,33-45,51H,2-3,9-22H2,1,4H3/t23-,27+,28+,29?,30+,33+,34?,35+,36?,37+,38?,39?,40-,41+,42?,43+,44-,45+,48+/m1/s1. The summed E-state index contributed by atoms with van der Waals surface area (Å²) < 4.78 is 60.5. The Bertz CT molecular complexity index is 1940. The molecule has 12 rings (SSSR count). The van der Waals surface area contributed by atoms with Crippen molar-refractivity contribution >= 4 is 17.6 Å². The summed E-state index contributed by atoms with van der Waals surface area (Å²) in [4.78, 5) is 41.8. The van der Waals surface area contributed by atoms with Gasteiger partial charge in [-0.05, 0) is 74.1 Å². The summed E-state index contributed by atoms with van der Waals surface area (Å²) in [5, 5.41) is 11.5. The molecule has 14 nitrogen and oxygen atoms in total. The first-order valence-electron chi connectivity index (χ1n) is 23.3. The van der Waals surface area contributed by atoms with Crippen molar-refractivity contribution in [1.82, 2.24) is 4.90 Å². The number of nitrogens with zero attached hydrogens (tertiary/aromatic N) is 1. The Balaban J connectivity index is 0.851. The highest BCUT2D eigenvalue weighted by Crippen LogP contribution is 2.54. The number of ketones is 1. The molecule has 1 N–H and O–H groups in total. The first-order chi connectivity index (χ1) is 29.9. The molecular weight excluding hydrogens is 799 g/mol. The molecule has 12 bridgehead atoms. The Labute approximate surface area is 362 Å². The van der Waals surface area contributed by atoms with Gasteiger partial charge in [0.2, 0.25) is 0 Å². The summed E-state index contributed by atoms with van der Waals surface area (Å²) in [5.74, 6) is -1.81. The van der Waals surface area contributed by atoms with Crippen LogP contribution in [0.4, 0.5) is 0 Å². The molecule has 11 heterocycles. The number of aliphatic hydroxyl groups excluding tert-OH is 1. The van der Waals surface area contributed by atoms with Crippen molar-refractivity contribution in [2.24, 2.45) is 11.8 Å². The van der Waals surface area contributed by atoms with E-state index in [9.17, 15) is 19.5 Å². The molecule has 11 aliphatic rings. The van der Waals surface area contributed by atoms with Crippen LogP contribution in [0.5, 0.6) is 0 Å². The number of methoxy groups -OCH3 is 1. The van der Waals surface area contributed by atoms with Gasteiger partial charge in [0.25, 0.3) is 11.8 Å². The smallest absolute Gasteiger partial charge is 0.261 e. The molecule has 0 aliphatic carbocycles. The number of imide groups is 1. The number of rotatable bonds is 5. The zero-order chi connectivity index (χ0) is 42.6. The van der Waals surface area contributed by atoms with E-state index in [0.29, 0.717) is 36.8 Å². The molecule has 0 aromatic heterocycles. The molecule has 0 radical (unpaired) electrons. The van der Waals surface area contributed by atoms with Gasteiger partial charge >= 0.3 is 0 Å². The fraction of sp³-hybridized carbons (Fsp3) is 0.729. The topological polar surface area (TPSA) is 158 Å². The summed E-state index contributed by atoms with van der Waals surface area (Å²) in [7, 11) is 1.61. The minimum absolute atomic E-state index is 0.0119. The highest BCUT2D eigenvalue weighted by molar-refractivity contribution is 6.21. The van der Waals surface area contributed by atoms with Gasteiger partial charge in [-0.15, -0.1) is 0 Å². The summed E-state index contributed by atoms with van der Waals surface area (Å²) in [5.41, 5.74) is 2.76. The molecule has 14 heteroatoms. The number of aliphatic hydroxyl groups is 1. The van der Waals surface area contributed by atoms with E-state index in [1.54, 1.807) is 31.4 Å². The molecule has 2 amide bonds. The molecule has 1 aromatic carbocycles. The maximum Gasteiger partial charge on any atom is 0.261 e. The van der Waals surface area contributed by atoms with Gasteiger partial charge in [0.1, 0.15) is 36.3 Å². The van der Waals surface area contributed by atoms with Crippen LogP contribution in [-0.2, 0) is 47.4 Å². The number of Topliss-reactive ketones (excluding diaryl/α,β-unsaturated/α-hetero) is 1. The fourth-order valence-electron chi connectivity index (χ4n) is 12.9. The average molecular weight is 860 g/mol. The van der Waals surface area contributed by atoms with Gasteiger partial charge < -0.3 is 47.7 Å². The van der Waals surface area contributed by atoms with Crippen molar-refractivity contribution < 1.29 is 62.1 Å². The number of ether oxygens (including phenoxy) is 9. The minimum atomic E-state index is -1.09. The maximum atomic E-state index is 14.3. The zero-order valence-electron chi connectivity index (χ0n) is 35.8. The third-order valence-corrected chi connectivity index (χ3v) is 16.0. The molecule has 19 atom stereocenters. The van der Waals surface area contributed by atoms with Crippen LogP contribution >= 0.6 is 0 Å². The Hall–Kier alpha value is -2.89. The minimum Gasteiger partial charge on any atom is -0.391 e. The van der Waals surface area contributed by atoms with E-state index in [0.717, 1.165) is 54.6 Å². The van der Waals surface area contributed by atoms with Crippen molar-refractivity contribution in [2.75, 3.05) is 13.7 Å². The van der Waals surface area contributed by atoms with E-state index < -0.39 is 48.1 Å². The molecule has 0 saturated carbocycles. The number of hydrogen-bond acceptors (Lipinski definition) is 13. The van der Waals surface area contributed by atoms with Crippen molar-refractivity contribution in [3.63, 3.8) is 0 Å². The van der Waals surface area contributed by atoms with Crippen molar-refractivity contribution in [2.45, 2.75) is 194 Å². The van der Waals surface area contributed by atoms with Crippen LogP contribution in [0.1, 0.15) is 111 Å². The Morgan fingerprint density at radius 2 is 1.47 bits per heavy atom. The third-order valence-electron chi connectivity index (χ3n) is 16.0. The lowest BCUT2D eigenvalue weighted by Crippen LogP contribution is -2.61. The van der Waals surface area contributed by atoms with Gasteiger partial charge in [0.05, 0.1) is 84.8 Å². The second-order valence-electron chi connectivity index (χ2n) is 20.0. The van der Waals surface area contributed by atoms with Crippen LogP contribution in [0.3, 0.4) is 0 Å². The van der Waals surface area contributed by atoms with Gasteiger partial charge in [-0.2, -0.15) is 0 Å². The van der Waals surface area contributed by atoms with E-state index in [1.165, 1.54) is 0 Å². The number of amides is 2. The van der Waals surface area contributed by atoms with Gasteiger partial charge in [-0.3, -0.25) is 19.3 Å². The average Bonchev–Trinajstić information content (AvgIpc) is 3.98. The van der Waals surface area contributed by atoms with Gasteiger partial charge in [-0.1, -0.05) is 32.2 Å². The monoisotopic (exact) mass is 859 g/mol. The van der Waals surface area contributed by atoms with Crippen LogP contribution in [-0.4, -0.2) is 145 Å². The third kappa shape index (κ3) is 7.28. The van der Waals surface area contributed by atoms with E-state index in [-0.39, 0.29) is 111 Å². The Kier molecular flexibility index (Phi) is 10.9. The summed E-state index contributed by atoms with van der Waals surface area (Å²) in [6, 6.07) is 6.69. The first kappa shape index (κ1) is 41.8. The molecule has 336 valence electrons. The SMILES string of the molecule is C=C1C[C@@H]2CC[C@@]34CC5O[C@H]6[C@@H](O3)[C@H]3OC(CC[C@@H]3O[C@H]6C5O4)CC(=O)C[C@H]3[C@H](CC4O[C@@H](CCC1O2)C[C@@H](C)C4=C)OC(C[C@H](O)CN1C(=O)c2ccccc2C1=O)[C@@H]3OC. The molecule has 10 fully saturated rings. The summed E-state index contributed by atoms with van der Waals surface area (Å²) >= 11 is 0. The second-order valence-corrected chi connectivity index (χ2v) is 20.0. The van der Waals surface area contributed by atoms with E-state index >= 15 is 0 Å². The zero-order valence-corrected chi connectivity index (χ0v) is 35.8. The lowest BCUT2D eigenvalue weighted by atomic mass is 9.81. The molecule has 1 spiro atoms. The number of hydrogen-bond donors (Lipinski definition) is 1. The molecule has 6 unspecified atom stereocenters. The Morgan fingerprint density at radius 1 is 0.758 bits per heavy atom. The predicted octanol–water partition coefficient (Wildman–Crippen LogP) is 4.78. The highest BCUT2D eigenvalue weighted by atomic mass is 16.8. The first-order valence-corrected chi connectivity index (χ1v) is 23.3. The van der Waals surface area contributed by atoms with Crippen LogP contribution in [0.15, 0.2) is 48.6 Å². The number of fused-ring (bicyclic) bond motifs is 7. The Morgan fingerprint density at radius 3 is 2.26 bits per heavy atom. The second kappa shape index (κ2) is 16.2.